The standard InChI is InChI=1S/C9H21NO2/c1-9(2)3-4-10(5-7-11)6-8-12/h9,11-12H,3-8H2,1-2H3. The van der Waals surface area contributed by atoms with Crippen molar-refractivity contribution >= 4 is 0 Å². The molecule has 0 atom stereocenters. The third kappa shape index (κ3) is 6.58. The van der Waals surface area contributed by atoms with Crippen molar-refractivity contribution < 1.29 is 10.2 Å². The first-order valence-corrected chi connectivity index (χ1v) is 4.64. The molecule has 0 aliphatic rings. The molecule has 74 valence electrons. The largest absolute Gasteiger partial charge is 0.395 e. The molecule has 12 heavy (non-hydrogen) atoms. The monoisotopic (exact) mass is 175 g/mol. The van der Waals surface area contributed by atoms with Crippen LogP contribution in [0.4, 0.5) is 0 Å². The predicted octanol–water partition coefficient (Wildman–Crippen LogP) is 0.319. The zero-order valence-corrected chi connectivity index (χ0v) is 8.16. The van der Waals surface area contributed by atoms with E-state index in [4.69, 9.17) is 10.2 Å². The number of aliphatic hydroxyl groups is 2. The number of hydrogen-bond donors (Lipinski definition) is 2. The van der Waals surface area contributed by atoms with Gasteiger partial charge < -0.3 is 10.2 Å². The van der Waals surface area contributed by atoms with Gasteiger partial charge in [-0.3, -0.25) is 4.90 Å². The Hall–Kier alpha value is -0.120. The van der Waals surface area contributed by atoms with Crippen LogP contribution in [0.25, 0.3) is 0 Å². The summed E-state index contributed by atoms with van der Waals surface area (Å²) in [6.07, 6.45) is 1.12. The Balaban J connectivity index is 3.48. The molecule has 0 aromatic rings. The Morgan fingerprint density at radius 1 is 1.00 bits per heavy atom. The van der Waals surface area contributed by atoms with Gasteiger partial charge >= 0.3 is 0 Å². The van der Waals surface area contributed by atoms with Gasteiger partial charge in [0.1, 0.15) is 0 Å². The van der Waals surface area contributed by atoms with Gasteiger partial charge in [-0.25, -0.2) is 0 Å². The molecule has 0 aliphatic heterocycles. The van der Waals surface area contributed by atoms with Crippen LogP contribution in [0.3, 0.4) is 0 Å². The van der Waals surface area contributed by atoms with Crippen molar-refractivity contribution in [1.29, 1.82) is 0 Å². The van der Waals surface area contributed by atoms with Crippen LogP contribution >= 0.6 is 0 Å². The van der Waals surface area contributed by atoms with E-state index >= 15 is 0 Å². The van der Waals surface area contributed by atoms with E-state index < -0.39 is 0 Å². The Labute approximate surface area is 75.0 Å². The second-order valence-electron chi connectivity index (χ2n) is 3.47. The molecule has 3 nitrogen and oxygen atoms in total. The third-order valence-corrected chi connectivity index (χ3v) is 1.86. The molecule has 0 unspecified atom stereocenters. The summed E-state index contributed by atoms with van der Waals surface area (Å²) in [7, 11) is 0. The summed E-state index contributed by atoms with van der Waals surface area (Å²) < 4.78 is 0. The van der Waals surface area contributed by atoms with Gasteiger partial charge in [-0.15, -0.1) is 0 Å². The van der Waals surface area contributed by atoms with E-state index in [1.807, 2.05) is 0 Å². The highest BCUT2D eigenvalue weighted by Gasteiger charge is 2.03. The van der Waals surface area contributed by atoms with Crippen LogP contribution < -0.4 is 0 Å². The number of nitrogens with zero attached hydrogens (tertiary/aromatic N) is 1. The van der Waals surface area contributed by atoms with E-state index in [9.17, 15) is 0 Å². The van der Waals surface area contributed by atoms with Crippen molar-refractivity contribution in [3.05, 3.63) is 0 Å². The number of aliphatic hydroxyl groups excluding tert-OH is 2. The SMILES string of the molecule is CC(C)CCN(CCO)CCO. The van der Waals surface area contributed by atoms with E-state index in [0.29, 0.717) is 19.0 Å². The first-order chi connectivity index (χ1) is 5.70. The van der Waals surface area contributed by atoms with Crippen LogP contribution in [0.5, 0.6) is 0 Å². The van der Waals surface area contributed by atoms with Crippen molar-refractivity contribution in [2.24, 2.45) is 5.92 Å². The molecule has 0 bridgehead atoms. The minimum atomic E-state index is 0.179. The van der Waals surface area contributed by atoms with Crippen molar-refractivity contribution in [3.63, 3.8) is 0 Å². The Kier molecular flexibility index (Phi) is 7.45. The molecule has 0 aromatic heterocycles. The van der Waals surface area contributed by atoms with Crippen LogP contribution in [0.15, 0.2) is 0 Å². The van der Waals surface area contributed by atoms with Crippen molar-refractivity contribution in [3.8, 4) is 0 Å². The van der Waals surface area contributed by atoms with Crippen LogP contribution in [0.2, 0.25) is 0 Å². The van der Waals surface area contributed by atoms with Gasteiger partial charge in [-0.05, 0) is 18.9 Å². The smallest absolute Gasteiger partial charge is 0.0558 e. The normalized spacial score (nSPS) is 11.5. The molecule has 0 aliphatic carbocycles. The molecular formula is C9H21NO2. The van der Waals surface area contributed by atoms with Crippen LogP contribution in [0, 0.1) is 5.92 Å². The number of rotatable bonds is 7. The highest BCUT2D eigenvalue weighted by molar-refractivity contribution is 4.57. The Morgan fingerprint density at radius 2 is 1.50 bits per heavy atom. The zero-order chi connectivity index (χ0) is 9.40. The van der Waals surface area contributed by atoms with E-state index in [1.165, 1.54) is 0 Å². The first kappa shape index (κ1) is 11.9. The minimum Gasteiger partial charge on any atom is -0.395 e. The van der Waals surface area contributed by atoms with Crippen molar-refractivity contribution in [2.45, 2.75) is 20.3 Å². The van der Waals surface area contributed by atoms with Crippen molar-refractivity contribution in [1.82, 2.24) is 4.90 Å². The van der Waals surface area contributed by atoms with Gasteiger partial charge in [0.05, 0.1) is 13.2 Å². The molecular weight excluding hydrogens is 154 g/mol. The molecule has 3 heteroatoms. The lowest BCUT2D eigenvalue weighted by atomic mass is 10.1. The topological polar surface area (TPSA) is 43.7 Å². The van der Waals surface area contributed by atoms with E-state index in [2.05, 4.69) is 18.7 Å². The summed E-state index contributed by atoms with van der Waals surface area (Å²) in [6.45, 7) is 7.03. The van der Waals surface area contributed by atoms with Gasteiger partial charge in [0.15, 0.2) is 0 Å². The lowest BCUT2D eigenvalue weighted by Crippen LogP contribution is -2.31. The maximum Gasteiger partial charge on any atom is 0.0558 e. The van der Waals surface area contributed by atoms with Crippen LogP contribution in [-0.4, -0.2) is 48.0 Å². The lowest BCUT2D eigenvalue weighted by Gasteiger charge is -2.20. The molecule has 0 fully saturated rings. The maximum absolute atomic E-state index is 8.71. The highest BCUT2D eigenvalue weighted by atomic mass is 16.3. The first-order valence-electron chi connectivity index (χ1n) is 4.64. The van der Waals surface area contributed by atoms with Gasteiger partial charge in [-0.1, -0.05) is 13.8 Å². The van der Waals surface area contributed by atoms with E-state index in [1.54, 1.807) is 0 Å². The number of hydrogen-bond acceptors (Lipinski definition) is 3. The summed E-state index contributed by atoms with van der Waals surface area (Å²) in [4.78, 5) is 2.08. The molecule has 0 saturated carbocycles. The molecule has 0 amide bonds. The van der Waals surface area contributed by atoms with Gasteiger partial charge in [0, 0.05) is 13.1 Å². The summed E-state index contributed by atoms with van der Waals surface area (Å²) in [5.41, 5.74) is 0. The molecule has 2 N–H and O–H groups in total. The predicted molar refractivity (Wildman–Crippen MR) is 50.1 cm³/mol. The maximum atomic E-state index is 8.71. The molecule has 0 aromatic carbocycles. The highest BCUT2D eigenvalue weighted by Crippen LogP contribution is 2.01. The minimum absolute atomic E-state index is 0.179. The zero-order valence-electron chi connectivity index (χ0n) is 8.16. The van der Waals surface area contributed by atoms with Crippen LogP contribution in [0.1, 0.15) is 20.3 Å². The average Bonchev–Trinajstić information content (AvgIpc) is 2.01. The fourth-order valence-corrected chi connectivity index (χ4v) is 1.06. The van der Waals surface area contributed by atoms with Gasteiger partial charge in [-0.2, -0.15) is 0 Å². The summed E-state index contributed by atoms with van der Waals surface area (Å²) in [5.74, 6) is 0.685. The fraction of sp³-hybridized carbons (Fsp3) is 1.00. The molecule has 0 spiro atoms. The van der Waals surface area contributed by atoms with E-state index in [-0.39, 0.29) is 13.2 Å². The Bertz CT molecular complexity index is 90.5. The molecule has 0 rings (SSSR count). The fourth-order valence-electron chi connectivity index (χ4n) is 1.06. The van der Waals surface area contributed by atoms with E-state index in [0.717, 1.165) is 13.0 Å². The molecule has 0 heterocycles. The van der Waals surface area contributed by atoms with Crippen molar-refractivity contribution in [2.75, 3.05) is 32.8 Å². The summed E-state index contributed by atoms with van der Waals surface area (Å²) >= 11 is 0. The van der Waals surface area contributed by atoms with Crippen LogP contribution in [-0.2, 0) is 0 Å². The summed E-state index contributed by atoms with van der Waals surface area (Å²) in [6, 6.07) is 0. The summed E-state index contributed by atoms with van der Waals surface area (Å²) in [5, 5.41) is 17.4. The third-order valence-electron chi connectivity index (χ3n) is 1.86. The van der Waals surface area contributed by atoms with Gasteiger partial charge in [0.25, 0.3) is 0 Å². The van der Waals surface area contributed by atoms with Gasteiger partial charge in [0.2, 0.25) is 0 Å². The molecule has 0 radical (unpaired) electrons. The lowest BCUT2D eigenvalue weighted by molar-refractivity contribution is 0.156. The quantitative estimate of drug-likeness (QED) is 0.585. The second-order valence-corrected chi connectivity index (χ2v) is 3.47. The Morgan fingerprint density at radius 3 is 1.83 bits per heavy atom. The average molecular weight is 175 g/mol. The molecule has 0 saturated heterocycles. The second kappa shape index (κ2) is 7.53.